The number of nitrogens with one attached hydrogen (secondary N) is 1. The van der Waals surface area contributed by atoms with Crippen LogP contribution in [0.3, 0.4) is 0 Å². The average Bonchev–Trinajstić information content (AvgIpc) is 3.35. The van der Waals surface area contributed by atoms with Gasteiger partial charge in [-0.1, -0.05) is 11.6 Å². The molecule has 7 heteroatoms. The Labute approximate surface area is 180 Å². The van der Waals surface area contributed by atoms with Crippen molar-refractivity contribution in [2.75, 3.05) is 17.7 Å². The second kappa shape index (κ2) is 9.25. The fourth-order valence-electron chi connectivity index (χ4n) is 4.16. The summed E-state index contributed by atoms with van der Waals surface area (Å²) < 4.78 is 7.98. The van der Waals surface area contributed by atoms with Gasteiger partial charge in [-0.05, 0) is 68.4 Å². The Morgan fingerprint density at radius 1 is 1.28 bits per heavy atom. The number of hydrogen-bond acceptors (Lipinski definition) is 4. The average molecular weight is 430 g/mol. The molecule has 29 heavy (non-hydrogen) atoms. The minimum atomic E-state index is -0.107. The zero-order valence-electron chi connectivity index (χ0n) is 16.2. The molecule has 1 aromatic carbocycles. The normalized spacial score (nSPS) is 18.3. The number of benzene rings is 1. The third-order valence-electron chi connectivity index (χ3n) is 5.54. The van der Waals surface area contributed by atoms with E-state index in [4.69, 9.17) is 16.3 Å². The Balaban J connectivity index is 1.54. The van der Waals surface area contributed by atoms with Gasteiger partial charge in [0.05, 0.1) is 24.0 Å². The van der Waals surface area contributed by atoms with Crippen molar-refractivity contribution in [3.63, 3.8) is 0 Å². The van der Waals surface area contributed by atoms with E-state index in [1.807, 2.05) is 24.3 Å². The third-order valence-corrected chi connectivity index (χ3v) is 6.80. The highest BCUT2D eigenvalue weighted by Gasteiger charge is 2.28. The Kier molecular flexibility index (Phi) is 6.49. The van der Waals surface area contributed by atoms with Crippen LogP contribution in [0.15, 0.2) is 29.2 Å². The molecule has 0 bridgehead atoms. The molecule has 1 fully saturated rings. The van der Waals surface area contributed by atoms with Gasteiger partial charge in [0.25, 0.3) is 0 Å². The molecule has 2 heterocycles. The molecule has 0 radical (unpaired) electrons. The van der Waals surface area contributed by atoms with Gasteiger partial charge in [0.15, 0.2) is 0 Å². The van der Waals surface area contributed by atoms with Gasteiger partial charge in [0.2, 0.25) is 5.91 Å². The van der Waals surface area contributed by atoms with E-state index < -0.39 is 0 Å². The standard InChI is InChI=1S/C22H24ClN3O2S/c23-15-7-9-17(10-8-15)29-14-21(27)25-22-19(12-24)18-5-1-2-6-20(18)26(22)13-16-4-3-11-28-16/h7-10,16H,1-6,11,13-14H2,(H,25,27). The Hall–Kier alpha value is -1.94. The summed E-state index contributed by atoms with van der Waals surface area (Å²) in [5.41, 5.74) is 2.93. The van der Waals surface area contributed by atoms with Crippen molar-refractivity contribution in [3.05, 3.63) is 46.1 Å². The highest BCUT2D eigenvalue weighted by molar-refractivity contribution is 8.00. The SMILES string of the molecule is N#Cc1c2c(n(CC3CCCO3)c1NC(=O)CSc1ccc(Cl)cc1)CCCC2. The first-order chi connectivity index (χ1) is 14.2. The molecule has 1 aromatic heterocycles. The number of amides is 1. The molecule has 1 aliphatic carbocycles. The zero-order valence-corrected chi connectivity index (χ0v) is 17.8. The summed E-state index contributed by atoms with van der Waals surface area (Å²) in [6.07, 6.45) is 6.30. The van der Waals surface area contributed by atoms with Crippen molar-refractivity contribution in [2.24, 2.45) is 0 Å². The molecule has 0 saturated carbocycles. The zero-order chi connectivity index (χ0) is 20.2. The van der Waals surface area contributed by atoms with Crippen molar-refractivity contribution in [1.29, 1.82) is 5.26 Å². The van der Waals surface area contributed by atoms with E-state index >= 15 is 0 Å². The first kappa shape index (κ1) is 20.3. The van der Waals surface area contributed by atoms with Crippen LogP contribution in [-0.4, -0.2) is 28.9 Å². The molecule has 5 nitrogen and oxygen atoms in total. The summed E-state index contributed by atoms with van der Waals surface area (Å²) in [7, 11) is 0. The van der Waals surface area contributed by atoms with E-state index in [1.165, 1.54) is 17.5 Å². The number of nitriles is 1. The lowest BCUT2D eigenvalue weighted by atomic mass is 9.95. The van der Waals surface area contributed by atoms with Crippen molar-refractivity contribution in [1.82, 2.24) is 4.57 Å². The number of carbonyl (C=O) groups is 1. The highest BCUT2D eigenvalue weighted by Crippen LogP contribution is 2.34. The van der Waals surface area contributed by atoms with E-state index in [0.717, 1.165) is 55.6 Å². The fourth-order valence-corrected chi connectivity index (χ4v) is 4.99. The quantitative estimate of drug-likeness (QED) is 0.669. The number of thioether (sulfide) groups is 1. The van der Waals surface area contributed by atoms with Crippen molar-refractivity contribution >= 4 is 35.1 Å². The van der Waals surface area contributed by atoms with Crippen LogP contribution in [0.5, 0.6) is 0 Å². The van der Waals surface area contributed by atoms with Crippen LogP contribution < -0.4 is 5.32 Å². The summed E-state index contributed by atoms with van der Waals surface area (Å²) in [5, 5.41) is 13.5. The number of halogens is 1. The highest BCUT2D eigenvalue weighted by atomic mass is 35.5. The van der Waals surface area contributed by atoms with Gasteiger partial charge in [-0.15, -0.1) is 11.8 Å². The molecule has 4 rings (SSSR count). The maximum atomic E-state index is 12.7. The number of anilines is 1. The predicted octanol–water partition coefficient (Wildman–Crippen LogP) is 4.80. The first-order valence-electron chi connectivity index (χ1n) is 10.1. The van der Waals surface area contributed by atoms with Crippen LogP contribution >= 0.6 is 23.4 Å². The number of hydrogen-bond donors (Lipinski definition) is 1. The lowest BCUT2D eigenvalue weighted by Crippen LogP contribution is -2.22. The minimum absolute atomic E-state index is 0.107. The maximum Gasteiger partial charge on any atom is 0.235 e. The van der Waals surface area contributed by atoms with Gasteiger partial charge in [-0.2, -0.15) is 5.26 Å². The van der Waals surface area contributed by atoms with Crippen molar-refractivity contribution in [3.8, 4) is 6.07 Å². The lowest BCUT2D eigenvalue weighted by Gasteiger charge is -2.19. The molecule has 1 atom stereocenters. The second-order valence-corrected chi connectivity index (χ2v) is 8.99. The van der Waals surface area contributed by atoms with Gasteiger partial charge < -0.3 is 14.6 Å². The van der Waals surface area contributed by atoms with Gasteiger partial charge >= 0.3 is 0 Å². The largest absolute Gasteiger partial charge is 0.376 e. The maximum absolute atomic E-state index is 12.7. The van der Waals surface area contributed by atoms with Gasteiger partial charge in [-0.25, -0.2) is 0 Å². The molecule has 1 amide bonds. The smallest absolute Gasteiger partial charge is 0.235 e. The third kappa shape index (κ3) is 4.63. The number of carbonyl (C=O) groups excluding carboxylic acids is 1. The van der Waals surface area contributed by atoms with E-state index in [0.29, 0.717) is 22.9 Å². The van der Waals surface area contributed by atoms with E-state index in [2.05, 4.69) is 16.0 Å². The molecule has 2 aromatic rings. The number of aromatic nitrogens is 1. The van der Waals surface area contributed by atoms with Crippen molar-refractivity contribution < 1.29 is 9.53 Å². The first-order valence-corrected chi connectivity index (χ1v) is 11.5. The Morgan fingerprint density at radius 3 is 2.79 bits per heavy atom. The summed E-state index contributed by atoms with van der Waals surface area (Å²) in [4.78, 5) is 13.7. The Morgan fingerprint density at radius 2 is 2.07 bits per heavy atom. The fraction of sp³-hybridized carbons (Fsp3) is 0.455. The van der Waals surface area contributed by atoms with Crippen LogP contribution in [0, 0.1) is 11.3 Å². The summed E-state index contributed by atoms with van der Waals surface area (Å²) in [6, 6.07) is 9.79. The van der Waals surface area contributed by atoms with Gasteiger partial charge in [-0.3, -0.25) is 4.79 Å². The van der Waals surface area contributed by atoms with E-state index in [1.54, 1.807) is 0 Å². The molecule has 0 spiro atoms. The van der Waals surface area contributed by atoms with E-state index in [-0.39, 0.29) is 17.8 Å². The number of rotatable bonds is 6. The molecule has 152 valence electrons. The van der Waals surface area contributed by atoms with Crippen LogP contribution in [0.25, 0.3) is 0 Å². The minimum Gasteiger partial charge on any atom is -0.376 e. The molecule has 1 N–H and O–H groups in total. The molecule has 1 saturated heterocycles. The number of nitrogens with zero attached hydrogens (tertiary/aromatic N) is 2. The van der Waals surface area contributed by atoms with Crippen molar-refractivity contribution in [2.45, 2.75) is 56.1 Å². The Bertz CT molecular complexity index is 927. The summed E-state index contributed by atoms with van der Waals surface area (Å²) in [6.45, 7) is 1.49. The van der Waals surface area contributed by atoms with Crippen LogP contribution in [0.1, 0.15) is 42.5 Å². The van der Waals surface area contributed by atoms with Crippen LogP contribution in [-0.2, 0) is 28.9 Å². The van der Waals surface area contributed by atoms with Gasteiger partial charge in [0, 0.05) is 22.2 Å². The van der Waals surface area contributed by atoms with E-state index in [9.17, 15) is 10.1 Å². The monoisotopic (exact) mass is 429 g/mol. The molecular weight excluding hydrogens is 406 g/mol. The lowest BCUT2D eigenvalue weighted by molar-refractivity contribution is -0.113. The molecule has 1 unspecified atom stereocenters. The van der Waals surface area contributed by atoms with Crippen LogP contribution in [0.4, 0.5) is 5.82 Å². The number of ether oxygens (including phenoxy) is 1. The van der Waals surface area contributed by atoms with Gasteiger partial charge in [0.1, 0.15) is 11.9 Å². The molecule has 1 aliphatic heterocycles. The second-order valence-electron chi connectivity index (χ2n) is 7.50. The summed E-state index contributed by atoms with van der Waals surface area (Å²) >= 11 is 7.38. The molecular formula is C22H24ClN3O2S. The van der Waals surface area contributed by atoms with Crippen LogP contribution in [0.2, 0.25) is 5.02 Å². The number of fused-ring (bicyclic) bond motifs is 1. The topological polar surface area (TPSA) is 67.1 Å². The predicted molar refractivity (Wildman–Crippen MR) is 116 cm³/mol. The summed E-state index contributed by atoms with van der Waals surface area (Å²) in [5.74, 6) is 0.823. The molecule has 2 aliphatic rings.